The van der Waals surface area contributed by atoms with Crippen molar-refractivity contribution in [2.24, 2.45) is 0 Å². The van der Waals surface area contributed by atoms with E-state index in [2.05, 4.69) is 14.7 Å². The monoisotopic (exact) mass is 277 g/mol. The van der Waals surface area contributed by atoms with Crippen molar-refractivity contribution in [3.63, 3.8) is 0 Å². The van der Waals surface area contributed by atoms with E-state index in [4.69, 9.17) is 0 Å². The fraction of sp³-hybridized carbons (Fsp3) is 0.308. The van der Waals surface area contributed by atoms with E-state index in [9.17, 15) is 4.79 Å². The molecule has 0 fully saturated rings. The highest BCUT2D eigenvalue weighted by Gasteiger charge is 2.12. The molecule has 0 aromatic carbocycles. The van der Waals surface area contributed by atoms with Crippen molar-refractivity contribution >= 4 is 22.4 Å². The zero-order valence-corrected chi connectivity index (χ0v) is 11.7. The quantitative estimate of drug-likeness (QED) is 0.782. The smallest absolute Gasteiger partial charge is 0.349 e. The number of carbonyl (C=O) groups excluding carboxylic acids is 1. The van der Waals surface area contributed by atoms with Crippen molar-refractivity contribution in [1.82, 2.24) is 9.97 Å². The largest absolute Gasteiger partial charge is 0.465 e. The predicted octanol–water partition coefficient (Wildman–Crippen LogP) is 2.00. The number of hydrogen-bond donors (Lipinski definition) is 0. The van der Waals surface area contributed by atoms with Gasteiger partial charge in [0.2, 0.25) is 0 Å². The number of anilines is 1. The number of pyridine rings is 1. The molecule has 0 aliphatic rings. The first-order valence-corrected chi connectivity index (χ1v) is 6.66. The first kappa shape index (κ1) is 13.5. The van der Waals surface area contributed by atoms with Gasteiger partial charge in [-0.15, -0.1) is 0 Å². The number of methoxy groups -OCH3 is 1. The lowest BCUT2D eigenvalue weighted by atomic mass is 10.2. The molecular weight excluding hydrogens is 262 g/mol. The molecule has 0 spiro atoms. The van der Waals surface area contributed by atoms with Crippen molar-refractivity contribution in [3.8, 4) is 0 Å². The second kappa shape index (κ2) is 6.29. The molecule has 2 rings (SSSR count). The molecule has 2 aromatic heterocycles. The number of thiazole rings is 1. The maximum Gasteiger partial charge on any atom is 0.349 e. The third-order valence-corrected chi connectivity index (χ3v) is 3.78. The van der Waals surface area contributed by atoms with E-state index in [1.807, 2.05) is 24.1 Å². The van der Waals surface area contributed by atoms with Crippen LogP contribution in [0, 0.1) is 0 Å². The van der Waals surface area contributed by atoms with Crippen molar-refractivity contribution in [1.29, 1.82) is 0 Å². The molecule has 0 bridgehead atoms. The molecule has 0 saturated heterocycles. The Balaban J connectivity index is 1.94. The van der Waals surface area contributed by atoms with E-state index >= 15 is 0 Å². The maximum absolute atomic E-state index is 11.4. The summed E-state index contributed by atoms with van der Waals surface area (Å²) in [5.74, 6) is -0.341. The summed E-state index contributed by atoms with van der Waals surface area (Å²) < 4.78 is 4.66. The molecule has 0 atom stereocenters. The van der Waals surface area contributed by atoms with E-state index in [0.29, 0.717) is 4.88 Å². The summed E-state index contributed by atoms with van der Waals surface area (Å²) in [5.41, 5.74) is 1.23. The van der Waals surface area contributed by atoms with Crippen molar-refractivity contribution in [2.45, 2.75) is 6.42 Å². The summed E-state index contributed by atoms with van der Waals surface area (Å²) in [7, 11) is 3.33. The molecule has 2 aromatic rings. The predicted molar refractivity (Wildman–Crippen MR) is 74.7 cm³/mol. The Labute approximate surface area is 115 Å². The molecule has 2 heterocycles. The molecule has 0 unspecified atom stereocenters. The van der Waals surface area contributed by atoms with Crippen LogP contribution in [0.4, 0.5) is 5.13 Å². The molecule has 100 valence electrons. The van der Waals surface area contributed by atoms with Crippen LogP contribution in [0.1, 0.15) is 15.2 Å². The van der Waals surface area contributed by atoms with Crippen LogP contribution in [-0.4, -0.2) is 36.6 Å². The summed E-state index contributed by atoms with van der Waals surface area (Å²) in [6.45, 7) is 0.831. The summed E-state index contributed by atoms with van der Waals surface area (Å²) in [5, 5.41) is 0.814. The first-order valence-electron chi connectivity index (χ1n) is 5.85. The summed E-state index contributed by atoms with van der Waals surface area (Å²) >= 11 is 1.34. The highest BCUT2D eigenvalue weighted by Crippen LogP contribution is 2.22. The number of carbonyl (C=O) groups is 1. The van der Waals surface area contributed by atoms with Gasteiger partial charge in [0.1, 0.15) is 4.88 Å². The third kappa shape index (κ3) is 3.51. The normalized spacial score (nSPS) is 10.2. The van der Waals surface area contributed by atoms with E-state index in [1.165, 1.54) is 24.0 Å². The van der Waals surface area contributed by atoms with Gasteiger partial charge in [-0.1, -0.05) is 11.3 Å². The highest BCUT2D eigenvalue weighted by molar-refractivity contribution is 7.17. The highest BCUT2D eigenvalue weighted by atomic mass is 32.1. The number of aromatic nitrogens is 2. The van der Waals surface area contributed by atoms with Crippen LogP contribution in [0.25, 0.3) is 0 Å². The van der Waals surface area contributed by atoms with E-state index in [-0.39, 0.29) is 5.97 Å². The van der Waals surface area contributed by atoms with Gasteiger partial charge >= 0.3 is 5.97 Å². The van der Waals surface area contributed by atoms with Crippen LogP contribution in [0.15, 0.2) is 30.7 Å². The lowest BCUT2D eigenvalue weighted by Gasteiger charge is -2.15. The second-order valence-corrected chi connectivity index (χ2v) is 5.03. The number of ether oxygens (including phenoxy) is 1. The van der Waals surface area contributed by atoms with Crippen molar-refractivity contribution in [3.05, 3.63) is 41.2 Å². The zero-order chi connectivity index (χ0) is 13.7. The Kier molecular flexibility index (Phi) is 4.46. The van der Waals surface area contributed by atoms with Crippen LogP contribution >= 0.6 is 11.3 Å². The SMILES string of the molecule is COC(=O)c1cnc(N(C)CCc2ccncc2)s1. The number of rotatable bonds is 5. The van der Waals surface area contributed by atoms with Crippen LogP contribution in [0.2, 0.25) is 0 Å². The van der Waals surface area contributed by atoms with Gasteiger partial charge in [-0.25, -0.2) is 9.78 Å². The molecule has 6 heteroatoms. The fourth-order valence-corrected chi connectivity index (χ4v) is 2.40. The van der Waals surface area contributed by atoms with Crippen molar-refractivity contribution < 1.29 is 9.53 Å². The molecule has 0 saturated carbocycles. The topological polar surface area (TPSA) is 55.3 Å². The molecule has 0 aliphatic carbocycles. The van der Waals surface area contributed by atoms with Crippen LogP contribution in [-0.2, 0) is 11.2 Å². The van der Waals surface area contributed by atoms with Crippen LogP contribution < -0.4 is 4.90 Å². The molecule has 0 N–H and O–H groups in total. The Morgan fingerprint density at radius 2 is 2.16 bits per heavy atom. The first-order chi connectivity index (χ1) is 9.20. The molecule has 19 heavy (non-hydrogen) atoms. The Morgan fingerprint density at radius 3 is 2.84 bits per heavy atom. The van der Waals surface area contributed by atoms with Crippen LogP contribution in [0.3, 0.4) is 0 Å². The minimum Gasteiger partial charge on any atom is -0.465 e. The van der Waals surface area contributed by atoms with E-state index < -0.39 is 0 Å². The lowest BCUT2D eigenvalue weighted by Crippen LogP contribution is -2.19. The standard InChI is InChI=1S/C13H15N3O2S/c1-16(8-5-10-3-6-14-7-4-10)13-15-9-11(19-13)12(17)18-2/h3-4,6-7,9H,5,8H2,1-2H3. The lowest BCUT2D eigenvalue weighted by molar-refractivity contribution is 0.0606. The van der Waals surface area contributed by atoms with Gasteiger partial charge in [-0.05, 0) is 24.1 Å². The average molecular weight is 277 g/mol. The number of hydrogen-bond acceptors (Lipinski definition) is 6. The molecule has 0 aliphatic heterocycles. The van der Waals surface area contributed by atoms with Gasteiger partial charge in [0.25, 0.3) is 0 Å². The summed E-state index contributed by atoms with van der Waals surface area (Å²) in [4.78, 5) is 22.1. The average Bonchev–Trinajstić information content (AvgIpc) is 2.95. The fourth-order valence-electron chi connectivity index (χ4n) is 1.58. The Bertz CT molecular complexity index is 542. The van der Waals surface area contributed by atoms with Gasteiger partial charge in [0.15, 0.2) is 5.13 Å². The van der Waals surface area contributed by atoms with Gasteiger partial charge in [-0.3, -0.25) is 4.98 Å². The van der Waals surface area contributed by atoms with Gasteiger partial charge in [-0.2, -0.15) is 0 Å². The van der Waals surface area contributed by atoms with E-state index in [1.54, 1.807) is 18.6 Å². The zero-order valence-electron chi connectivity index (χ0n) is 10.9. The molecule has 5 nitrogen and oxygen atoms in total. The van der Waals surface area contributed by atoms with Crippen molar-refractivity contribution in [2.75, 3.05) is 25.6 Å². The molecular formula is C13H15N3O2S. The minimum atomic E-state index is -0.341. The summed E-state index contributed by atoms with van der Waals surface area (Å²) in [6.07, 6.45) is 6.03. The van der Waals surface area contributed by atoms with Gasteiger partial charge in [0.05, 0.1) is 13.3 Å². The molecule has 0 amide bonds. The molecule has 0 radical (unpaired) electrons. The van der Waals surface area contributed by atoms with Gasteiger partial charge in [0, 0.05) is 26.0 Å². The maximum atomic E-state index is 11.4. The van der Waals surface area contributed by atoms with Gasteiger partial charge < -0.3 is 9.64 Å². The second-order valence-electron chi connectivity index (χ2n) is 4.03. The Hall–Kier alpha value is -1.95. The number of likely N-dealkylation sites (N-methyl/N-ethyl adjacent to an activating group) is 1. The summed E-state index contributed by atoms with van der Waals surface area (Å²) in [6, 6.07) is 3.99. The number of esters is 1. The Morgan fingerprint density at radius 1 is 1.42 bits per heavy atom. The van der Waals surface area contributed by atoms with E-state index in [0.717, 1.165) is 18.1 Å². The third-order valence-electron chi connectivity index (χ3n) is 2.69. The number of nitrogens with zero attached hydrogens (tertiary/aromatic N) is 3. The minimum absolute atomic E-state index is 0.341. The van der Waals surface area contributed by atoms with Crippen LogP contribution in [0.5, 0.6) is 0 Å².